The van der Waals surface area contributed by atoms with Gasteiger partial charge in [0.05, 0.1) is 35.3 Å². The summed E-state index contributed by atoms with van der Waals surface area (Å²) in [6.07, 6.45) is 6.46. The van der Waals surface area contributed by atoms with Crippen LogP contribution in [0, 0.1) is 11.3 Å². The van der Waals surface area contributed by atoms with Crippen LogP contribution in [0.15, 0.2) is 67.0 Å². The third kappa shape index (κ3) is 4.92. The van der Waals surface area contributed by atoms with Gasteiger partial charge in [-0.25, -0.2) is 4.98 Å². The van der Waals surface area contributed by atoms with Crippen molar-refractivity contribution in [1.82, 2.24) is 9.97 Å². The van der Waals surface area contributed by atoms with Crippen molar-refractivity contribution in [2.75, 3.05) is 18.5 Å². The first-order chi connectivity index (χ1) is 15.0. The van der Waals surface area contributed by atoms with E-state index in [1.54, 1.807) is 18.5 Å². The Bertz CT molecular complexity index is 1070. The lowest BCUT2D eigenvalue weighted by atomic mass is 9.67. The molecule has 3 aromatic rings. The van der Waals surface area contributed by atoms with E-state index in [-0.39, 0.29) is 11.0 Å². The van der Waals surface area contributed by atoms with Gasteiger partial charge in [-0.2, -0.15) is 5.26 Å². The van der Waals surface area contributed by atoms with Crippen LogP contribution in [-0.4, -0.2) is 28.7 Å². The molecule has 158 valence electrons. The van der Waals surface area contributed by atoms with Crippen LogP contribution in [0.3, 0.4) is 0 Å². The van der Waals surface area contributed by atoms with Gasteiger partial charge in [-0.1, -0.05) is 42.5 Å². The fourth-order valence-electron chi connectivity index (χ4n) is 4.64. The first-order valence-corrected chi connectivity index (χ1v) is 10.8. The highest BCUT2D eigenvalue weighted by molar-refractivity contribution is 5.62. The van der Waals surface area contributed by atoms with Gasteiger partial charge in [0.1, 0.15) is 5.82 Å². The minimum absolute atomic E-state index is 0.0716. The Morgan fingerprint density at radius 1 is 1.10 bits per heavy atom. The van der Waals surface area contributed by atoms with Gasteiger partial charge in [0.2, 0.25) is 0 Å². The quantitative estimate of drug-likeness (QED) is 0.591. The molecule has 1 unspecified atom stereocenters. The van der Waals surface area contributed by atoms with Gasteiger partial charge in [-0.15, -0.1) is 0 Å². The second kappa shape index (κ2) is 8.87. The molecule has 0 aliphatic carbocycles. The van der Waals surface area contributed by atoms with E-state index >= 15 is 0 Å². The van der Waals surface area contributed by atoms with Gasteiger partial charge in [0, 0.05) is 24.1 Å². The molecular weight excluding hydrogens is 384 g/mol. The molecular formula is C26H28N4O. The molecule has 1 atom stereocenters. The molecule has 0 radical (unpaired) electrons. The summed E-state index contributed by atoms with van der Waals surface area (Å²) in [7, 11) is 0. The highest BCUT2D eigenvalue weighted by Crippen LogP contribution is 2.43. The summed E-state index contributed by atoms with van der Waals surface area (Å²) in [5.74, 6) is 0.745. The van der Waals surface area contributed by atoms with Crippen LogP contribution in [-0.2, 0) is 10.2 Å². The molecule has 0 amide bonds. The molecule has 5 heteroatoms. The molecule has 31 heavy (non-hydrogen) atoms. The molecule has 5 nitrogen and oxygen atoms in total. The molecule has 0 saturated carbocycles. The van der Waals surface area contributed by atoms with E-state index in [1.807, 2.05) is 18.2 Å². The van der Waals surface area contributed by atoms with Crippen molar-refractivity contribution in [2.45, 2.75) is 44.1 Å². The molecule has 1 aliphatic heterocycles. The molecule has 0 bridgehead atoms. The Balaban J connectivity index is 1.50. The molecule has 4 rings (SSSR count). The van der Waals surface area contributed by atoms with Crippen LogP contribution in [0.2, 0.25) is 0 Å². The van der Waals surface area contributed by atoms with Gasteiger partial charge in [-0.3, -0.25) is 4.98 Å². The maximum Gasteiger partial charge on any atom is 0.145 e. The number of aromatic nitrogens is 2. The van der Waals surface area contributed by atoms with Crippen molar-refractivity contribution in [2.24, 2.45) is 0 Å². The van der Waals surface area contributed by atoms with Gasteiger partial charge in [0.15, 0.2) is 0 Å². The van der Waals surface area contributed by atoms with Gasteiger partial charge >= 0.3 is 0 Å². The highest BCUT2D eigenvalue weighted by Gasteiger charge is 2.41. The molecule has 2 heterocycles. The normalized spacial score (nSPS) is 20.0. The Kier molecular flexibility index (Phi) is 6.01. The van der Waals surface area contributed by atoms with Crippen LogP contribution in [0.5, 0.6) is 0 Å². The van der Waals surface area contributed by atoms with Crippen LogP contribution in [0.1, 0.15) is 44.2 Å². The average Bonchev–Trinajstić information content (AvgIpc) is 2.79. The van der Waals surface area contributed by atoms with Gasteiger partial charge in [-0.05, 0) is 50.8 Å². The van der Waals surface area contributed by atoms with E-state index in [9.17, 15) is 0 Å². The Labute approximate surface area is 184 Å². The molecule has 0 spiro atoms. The highest BCUT2D eigenvalue weighted by atomic mass is 16.5. The zero-order valence-electron chi connectivity index (χ0n) is 18.1. The Hall–Kier alpha value is -3.23. The SMILES string of the molecule is CC1(C)CC(CCNc2cncc(-c3cccc(C#N)c3)n2)(c2ccccc2)CCO1. The Morgan fingerprint density at radius 2 is 1.94 bits per heavy atom. The summed E-state index contributed by atoms with van der Waals surface area (Å²) in [6, 6.07) is 20.4. The maximum absolute atomic E-state index is 9.15. The van der Waals surface area contributed by atoms with Crippen LogP contribution in [0.25, 0.3) is 11.3 Å². The number of hydrogen-bond donors (Lipinski definition) is 1. The van der Waals surface area contributed by atoms with Crippen molar-refractivity contribution < 1.29 is 4.74 Å². The van der Waals surface area contributed by atoms with Crippen molar-refractivity contribution in [3.63, 3.8) is 0 Å². The monoisotopic (exact) mass is 412 g/mol. The van der Waals surface area contributed by atoms with Crippen LogP contribution >= 0.6 is 0 Å². The minimum Gasteiger partial charge on any atom is -0.376 e. The van der Waals surface area contributed by atoms with Crippen molar-refractivity contribution in [3.05, 3.63) is 78.1 Å². The van der Waals surface area contributed by atoms with Crippen molar-refractivity contribution in [3.8, 4) is 17.3 Å². The van der Waals surface area contributed by atoms with E-state index in [0.717, 1.165) is 49.5 Å². The molecule has 1 aliphatic rings. The third-order valence-corrected chi connectivity index (χ3v) is 6.06. The van der Waals surface area contributed by atoms with Crippen LogP contribution < -0.4 is 5.32 Å². The summed E-state index contributed by atoms with van der Waals surface area (Å²) in [4.78, 5) is 9.07. The number of rotatable bonds is 6. The third-order valence-electron chi connectivity index (χ3n) is 6.06. The summed E-state index contributed by atoms with van der Waals surface area (Å²) in [5, 5.41) is 12.6. The summed E-state index contributed by atoms with van der Waals surface area (Å²) < 4.78 is 6.02. The number of benzene rings is 2. The fraction of sp³-hybridized carbons (Fsp3) is 0.346. The summed E-state index contributed by atoms with van der Waals surface area (Å²) >= 11 is 0. The smallest absolute Gasteiger partial charge is 0.145 e. The van der Waals surface area contributed by atoms with E-state index in [1.165, 1.54) is 5.56 Å². The van der Waals surface area contributed by atoms with E-state index in [0.29, 0.717) is 5.56 Å². The minimum atomic E-state index is -0.139. The second-order valence-corrected chi connectivity index (χ2v) is 8.84. The largest absolute Gasteiger partial charge is 0.376 e. The topological polar surface area (TPSA) is 70.8 Å². The number of ether oxygens (including phenoxy) is 1. The van der Waals surface area contributed by atoms with Crippen molar-refractivity contribution in [1.29, 1.82) is 5.26 Å². The number of hydrogen-bond acceptors (Lipinski definition) is 5. The van der Waals surface area contributed by atoms with E-state index in [4.69, 9.17) is 15.0 Å². The number of nitrogens with one attached hydrogen (secondary N) is 1. The summed E-state index contributed by atoms with van der Waals surface area (Å²) in [6.45, 7) is 5.93. The second-order valence-electron chi connectivity index (χ2n) is 8.84. The molecule has 2 aromatic carbocycles. The molecule has 1 aromatic heterocycles. The van der Waals surface area contributed by atoms with Gasteiger partial charge in [0.25, 0.3) is 0 Å². The molecule has 1 saturated heterocycles. The average molecular weight is 413 g/mol. The number of anilines is 1. The Morgan fingerprint density at radius 3 is 2.71 bits per heavy atom. The lowest BCUT2D eigenvalue weighted by molar-refractivity contribution is -0.0835. The van der Waals surface area contributed by atoms with E-state index < -0.39 is 0 Å². The zero-order valence-corrected chi connectivity index (χ0v) is 18.1. The van der Waals surface area contributed by atoms with Gasteiger partial charge < -0.3 is 10.1 Å². The number of nitrogens with zero attached hydrogens (tertiary/aromatic N) is 3. The maximum atomic E-state index is 9.15. The lowest BCUT2D eigenvalue weighted by Gasteiger charge is -2.45. The van der Waals surface area contributed by atoms with Crippen LogP contribution in [0.4, 0.5) is 5.82 Å². The predicted molar refractivity (Wildman–Crippen MR) is 123 cm³/mol. The lowest BCUT2D eigenvalue weighted by Crippen LogP contribution is -2.44. The first-order valence-electron chi connectivity index (χ1n) is 10.8. The molecule has 1 fully saturated rings. The zero-order chi connectivity index (χ0) is 21.7. The van der Waals surface area contributed by atoms with Crippen molar-refractivity contribution >= 4 is 5.82 Å². The first kappa shape index (κ1) is 21.0. The predicted octanol–water partition coefficient (Wildman–Crippen LogP) is 5.34. The molecule has 1 N–H and O–H groups in total. The standard InChI is InChI=1S/C26H28N4O/c1-25(2)19-26(12-14-31-25,22-9-4-3-5-10-22)11-13-29-24-18-28-17-23(30-24)21-8-6-7-20(15-21)16-27/h3-10,15,17-18H,11-14,19H2,1-2H3,(H,29,30). The fourth-order valence-corrected chi connectivity index (χ4v) is 4.64. The number of nitriles is 1. The summed E-state index contributed by atoms with van der Waals surface area (Å²) in [5.41, 5.74) is 3.57. The van der Waals surface area contributed by atoms with E-state index in [2.05, 4.69) is 60.5 Å².